The second-order valence-corrected chi connectivity index (χ2v) is 9.66. The molecule has 1 aromatic carbocycles. The summed E-state index contributed by atoms with van der Waals surface area (Å²) in [6.45, 7) is 0.734. The molecule has 3 aliphatic rings. The van der Waals surface area contributed by atoms with Crippen LogP contribution in [0, 0.1) is 5.92 Å². The van der Waals surface area contributed by atoms with Crippen LogP contribution in [0.4, 0.5) is 5.69 Å². The number of amides is 4. The minimum atomic E-state index is -0.934. The van der Waals surface area contributed by atoms with Gasteiger partial charge in [-0.3, -0.25) is 29.4 Å². The highest BCUT2D eigenvalue weighted by Gasteiger charge is 2.45. The van der Waals surface area contributed by atoms with Crippen LogP contribution in [0.5, 0.6) is 0 Å². The summed E-state index contributed by atoms with van der Waals surface area (Å²) in [5.74, 6) is -0.865. The summed E-state index contributed by atoms with van der Waals surface area (Å²) in [7, 11) is 0. The Morgan fingerprint density at radius 3 is 2.30 bits per heavy atom. The predicted octanol–water partition coefficient (Wildman–Crippen LogP) is 4.42. The van der Waals surface area contributed by atoms with Gasteiger partial charge in [-0.1, -0.05) is 70.3 Å². The molecule has 7 nitrogen and oxygen atoms in total. The van der Waals surface area contributed by atoms with E-state index in [-0.39, 0.29) is 18.7 Å². The zero-order valence-electron chi connectivity index (χ0n) is 19.4. The van der Waals surface area contributed by atoms with Gasteiger partial charge in [0.15, 0.2) is 0 Å². The SMILES string of the molecule is O=C1CCC(N2C(=O)c3cccc(NCCCCCCCCCC4CCC4)c3C2=O)C(=O)N1. The number of carbonyl (C=O) groups excluding carboxylic acids is 4. The molecular formula is C26H35N3O4. The van der Waals surface area contributed by atoms with Gasteiger partial charge in [-0.05, 0) is 30.9 Å². The second kappa shape index (κ2) is 10.9. The smallest absolute Gasteiger partial charge is 0.264 e. The minimum Gasteiger partial charge on any atom is -0.384 e. The van der Waals surface area contributed by atoms with E-state index in [9.17, 15) is 19.2 Å². The van der Waals surface area contributed by atoms with Gasteiger partial charge in [-0.2, -0.15) is 0 Å². The Hall–Kier alpha value is -2.70. The maximum atomic E-state index is 13.1. The molecule has 33 heavy (non-hydrogen) atoms. The van der Waals surface area contributed by atoms with E-state index in [0.717, 1.165) is 30.2 Å². The normalized spacial score (nSPS) is 20.6. The summed E-state index contributed by atoms with van der Waals surface area (Å²) >= 11 is 0. The van der Waals surface area contributed by atoms with Crippen LogP contribution >= 0.6 is 0 Å². The van der Waals surface area contributed by atoms with E-state index in [1.54, 1.807) is 18.2 Å². The molecule has 2 N–H and O–H groups in total. The number of nitrogens with zero attached hydrogens (tertiary/aromatic N) is 1. The molecule has 1 saturated carbocycles. The fraction of sp³-hybridized carbons (Fsp3) is 0.615. The average Bonchev–Trinajstić information content (AvgIpc) is 3.02. The Bertz CT molecular complexity index is 909. The molecule has 0 spiro atoms. The van der Waals surface area contributed by atoms with Crippen molar-refractivity contribution in [1.29, 1.82) is 0 Å². The first-order valence-electron chi connectivity index (χ1n) is 12.6. The van der Waals surface area contributed by atoms with Gasteiger partial charge >= 0.3 is 0 Å². The van der Waals surface area contributed by atoms with Gasteiger partial charge in [0.25, 0.3) is 11.8 Å². The third-order valence-corrected chi connectivity index (χ3v) is 7.30. The summed E-state index contributed by atoms with van der Waals surface area (Å²) in [5, 5.41) is 5.55. The number of anilines is 1. The first kappa shape index (κ1) is 23.5. The van der Waals surface area contributed by atoms with E-state index in [2.05, 4.69) is 10.6 Å². The number of rotatable bonds is 12. The number of nitrogens with one attached hydrogen (secondary N) is 2. The van der Waals surface area contributed by atoms with Crippen molar-refractivity contribution in [3.63, 3.8) is 0 Å². The number of hydrogen-bond acceptors (Lipinski definition) is 5. The lowest BCUT2D eigenvalue weighted by Crippen LogP contribution is -2.54. The standard InChI is InChI=1S/C26H35N3O4/c30-22-16-15-21(24(31)28-22)29-25(32)19-13-9-14-20(23(19)26(29)33)27-17-7-5-3-1-2-4-6-10-18-11-8-12-18/h9,13-14,18,21,27H,1-8,10-12,15-17H2,(H,28,30,31). The molecule has 7 heteroatoms. The molecule has 2 aliphatic heterocycles. The van der Waals surface area contributed by atoms with Crippen LogP contribution in [0.15, 0.2) is 18.2 Å². The van der Waals surface area contributed by atoms with Gasteiger partial charge in [0.1, 0.15) is 6.04 Å². The van der Waals surface area contributed by atoms with E-state index < -0.39 is 23.8 Å². The number of benzene rings is 1. The predicted molar refractivity (Wildman–Crippen MR) is 126 cm³/mol. The molecule has 1 aromatic rings. The molecular weight excluding hydrogens is 418 g/mol. The Balaban J connectivity index is 1.21. The van der Waals surface area contributed by atoms with E-state index >= 15 is 0 Å². The van der Waals surface area contributed by atoms with Gasteiger partial charge in [0.05, 0.1) is 11.1 Å². The lowest BCUT2D eigenvalue weighted by atomic mass is 9.81. The van der Waals surface area contributed by atoms with Crippen molar-refractivity contribution in [2.24, 2.45) is 5.92 Å². The van der Waals surface area contributed by atoms with E-state index in [1.165, 1.54) is 57.8 Å². The molecule has 0 aromatic heterocycles. The molecule has 1 unspecified atom stereocenters. The molecule has 1 aliphatic carbocycles. The summed E-state index contributed by atoms with van der Waals surface area (Å²) in [6, 6.07) is 4.25. The number of hydrogen-bond donors (Lipinski definition) is 2. The van der Waals surface area contributed by atoms with Gasteiger partial charge in [0, 0.05) is 18.7 Å². The van der Waals surface area contributed by atoms with Crippen molar-refractivity contribution in [3.05, 3.63) is 29.3 Å². The maximum absolute atomic E-state index is 13.1. The summed E-state index contributed by atoms with van der Waals surface area (Å²) in [4.78, 5) is 50.6. The Labute approximate surface area is 195 Å². The molecule has 2 heterocycles. The van der Waals surface area contributed by atoms with Crippen LogP contribution in [0.1, 0.15) is 104 Å². The van der Waals surface area contributed by atoms with Crippen molar-refractivity contribution in [1.82, 2.24) is 10.2 Å². The van der Waals surface area contributed by atoms with Crippen LogP contribution in [0.3, 0.4) is 0 Å². The first-order chi connectivity index (χ1) is 16.1. The number of fused-ring (bicyclic) bond motifs is 1. The van der Waals surface area contributed by atoms with Crippen LogP contribution < -0.4 is 10.6 Å². The van der Waals surface area contributed by atoms with E-state index in [4.69, 9.17) is 0 Å². The molecule has 0 radical (unpaired) electrons. The number of imide groups is 2. The monoisotopic (exact) mass is 453 g/mol. The molecule has 1 atom stereocenters. The Kier molecular flexibility index (Phi) is 7.78. The third-order valence-electron chi connectivity index (χ3n) is 7.30. The van der Waals surface area contributed by atoms with Crippen molar-refractivity contribution in [2.45, 2.75) is 89.5 Å². The van der Waals surface area contributed by atoms with Crippen LogP contribution in [-0.2, 0) is 9.59 Å². The van der Waals surface area contributed by atoms with Gasteiger partial charge < -0.3 is 5.32 Å². The molecule has 2 fully saturated rings. The zero-order valence-corrected chi connectivity index (χ0v) is 19.4. The Morgan fingerprint density at radius 2 is 1.61 bits per heavy atom. The lowest BCUT2D eigenvalue weighted by Gasteiger charge is -2.27. The summed E-state index contributed by atoms with van der Waals surface area (Å²) in [5.41, 5.74) is 1.28. The summed E-state index contributed by atoms with van der Waals surface area (Å²) in [6.07, 6.45) is 14.7. The topological polar surface area (TPSA) is 95.6 Å². The second-order valence-electron chi connectivity index (χ2n) is 9.66. The maximum Gasteiger partial charge on any atom is 0.264 e. The average molecular weight is 454 g/mol. The van der Waals surface area contributed by atoms with Crippen LogP contribution in [0.2, 0.25) is 0 Å². The van der Waals surface area contributed by atoms with Crippen molar-refractivity contribution in [3.8, 4) is 0 Å². The first-order valence-corrected chi connectivity index (χ1v) is 12.6. The highest BCUT2D eigenvalue weighted by atomic mass is 16.2. The number of carbonyl (C=O) groups is 4. The zero-order chi connectivity index (χ0) is 23.2. The minimum absolute atomic E-state index is 0.120. The lowest BCUT2D eigenvalue weighted by molar-refractivity contribution is -0.136. The largest absolute Gasteiger partial charge is 0.384 e. The van der Waals surface area contributed by atoms with Gasteiger partial charge in [-0.15, -0.1) is 0 Å². The molecule has 1 saturated heterocycles. The van der Waals surface area contributed by atoms with Gasteiger partial charge in [-0.25, -0.2) is 0 Å². The van der Waals surface area contributed by atoms with E-state index in [0.29, 0.717) is 16.8 Å². The molecule has 4 amide bonds. The third kappa shape index (κ3) is 5.45. The molecule has 178 valence electrons. The van der Waals surface area contributed by atoms with Crippen LogP contribution in [0.25, 0.3) is 0 Å². The van der Waals surface area contributed by atoms with Crippen molar-refractivity contribution < 1.29 is 19.2 Å². The number of unbranched alkanes of at least 4 members (excludes halogenated alkanes) is 6. The van der Waals surface area contributed by atoms with E-state index in [1.807, 2.05) is 0 Å². The highest BCUT2D eigenvalue weighted by Crippen LogP contribution is 2.33. The Morgan fingerprint density at radius 1 is 0.879 bits per heavy atom. The van der Waals surface area contributed by atoms with Crippen LogP contribution in [-0.4, -0.2) is 41.1 Å². The fourth-order valence-corrected chi connectivity index (χ4v) is 5.11. The van der Waals surface area contributed by atoms with Crippen molar-refractivity contribution in [2.75, 3.05) is 11.9 Å². The molecule has 0 bridgehead atoms. The fourth-order valence-electron chi connectivity index (χ4n) is 5.11. The number of piperidine rings is 1. The summed E-state index contributed by atoms with van der Waals surface area (Å²) < 4.78 is 0. The quantitative estimate of drug-likeness (QED) is 0.361. The highest BCUT2D eigenvalue weighted by molar-refractivity contribution is 6.25. The van der Waals surface area contributed by atoms with Crippen molar-refractivity contribution >= 4 is 29.3 Å². The van der Waals surface area contributed by atoms with Gasteiger partial charge in [0.2, 0.25) is 11.8 Å². The molecule has 4 rings (SSSR count).